The van der Waals surface area contributed by atoms with Crippen LogP contribution in [0.15, 0.2) is 55.1 Å². The Morgan fingerprint density at radius 3 is 2.60 bits per heavy atom. The fourth-order valence-electron chi connectivity index (χ4n) is 2.88. The molecule has 4 nitrogen and oxygen atoms in total. The average molecular weight is 356 g/mol. The first-order chi connectivity index (χ1) is 12.3. The van der Waals surface area contributed by atoms with Gasteiger partial charge in [0.2, 0.25) is 5.88 Å². The Morgan fingerprint density at radius 1 is 1.12 bits per heavy atom. The zero-order valence-electron chi connectivity index (χ0n) is 14.5. The van der Waals surface area contributed by atoms with Gasteiger partial charge in [-0.15, -0.1) is 16.8 Å². The van der Waals surface area contributed by atoms with E-state index in [0.29, 0.717) is 5.88 Å². The molecule has 0 spiro atoms. The number of rotatable bonds is 8. The van der Waals surface area contributed by atoms with E-state index in [1.54, 1.807) is 0 Å². The van der Waals surface area contributed by atoms with Crippen LogP contribution in [0.1, 0.15) is 12.8 Å². The predicted molar refractivity (Wildman–Crippen MR) is 105 cm³/mol. The molecule has 2 aromatic rings. The van der Waals surface area contributed by atoms with Crippen molar-refractivity contribution in [1.82, 2.24) is 15.1 Å². The molecule has 1 aromatic heterocycles. The van der Waals surface area contributed by atoms with Crippen molar-refractivity contribution in [1.29, 1.82) is 0 Å². The molecule has 2 heterocycles. The Labute approximate surface area is 154 Å². The Balaban J connectivity index is 1.62. The molecule has 0 aliphatic carbocycles. The molecule has 0 radical (unpaired) electrons. The van der Waals surface area contributed by atoms with Crippen molar-refractivity contribution in [3.05, 3.63) is 55.1 Å². The summed E-state index contributed by atoms with van der Waals surface area (Å²) in [5.74, 6) is 3.01. The highest BCUT2D eigenvalue weighted by Crippen LogP contribution is 2.19. The number of benzene rings is 1. The molecule has 3 rings (SSSR count). The van der Waals surface area contributed by atoms with E-state index in [-0.39, 0.29) is 6.10 Å². The van der Waals surface area contributed by atoms with Crippen LogP contribution in [-0.2, 0) is 0 Å². The second kappa shape index (κ2) is 9.59. The standard InChI is InChI=1S/C20H25N3OS/c1-2-3-9-18(16-23-12-14-25-15-13-23)24-20-11-10-19(21-22-20)17-7-5-4-6-8-17/h2,4-8,10-11,18H,1,3,9,12-16H2/t18-/m0/s1. The maximum atomic E-state index is 6.14. The van der Waals surface area contributed by atoms with Crippen molar-refractivity contribution in [3.8, 4) is 17.1 Å². The highest BCUT2D eigenvalue weighted by atomic mass is 32.2. The predicted octanol–water partition coefficient (Wildman–Crippen LogP) is 3.91. The third-order valence-electron chi connectivity index (χ3n) is 4.26. The Morgan fingerprint density at radius 2 is 1.92 bits per heavy atom. The van der Waals surface area contributed by atoms with Gasteiger partial charge in [-0.05, 0) is 18.9 Å². The summed E-state index contributed by atoms with van der Waals surface area (Å²) in [5.41, 5.74) is 1.93. The molecule has 1 aliphatic heterocycles. The van der Waals surface area contributed by atoms with Crippen LogP contribution >= 0.6 is 11.8 Å². The fraction of sp³-hybridized carbons (Fsp3) is 0.400. The van der Waals surface area contributed by atoms with Gasteiger partial charge in [-0.25, -0.2) is 0 Å². The summed E-state index contributed by atoms with van der Waals surface area (Å²) in [7, 11) is 0. The molecule has 1 aromatic carbocycles. The van der Waals surface area contributed by atoms with Crippen LogP contribution in [0.25, 0.3) is 11.3 Å². The normalized spacial score (nSPS) is 16.3. The van der Waals surface area contributed by atoms with E-state index in [1.807, 2.05) is 60.3 Å². The van der Waals surface area contributed by atoms with Gasteiger partial charge in [0.15, 0.2) is 0 Å². The second-order valence-corrected chi connectivity index (χ2v) is 7.37. The van der Waals surface area contributed by atoms with Crippen LogP contribution in [0.3, 0.4) is 0 Å². The largest absolute Gasteiger partial charge is 0.472 e. The number of hydrogen-bond donors (Lipinski definition) is 0. The van der Waals surface area contributed by atoms with Crippen molar-refractivity contribution in [2.24, 2.45) is 0 Å². The third kappa shape index (κ3) is 5.58. The molecule has 0 amide bonds. The van der Waals surface area contributed by atoms with E-state index in [1.165, 1.54) is 11.5 Å². The van der Waals surface area contributed by atoms with E-state index in [9.17, 15) is 0 Å². The Hall–Kier alpha value is -1.85. The first-order valence-electron chi connectivity index (χ1n) is 8.82. The van der Waals surface area contributed by atoms with Gasteiger partial charge in [-0.2, -0.15) is 11.8 Å². The number of allylic oxidation sites excluding steroid dienone is 1. The number of hydrogen-bond acceptors (Lipinski definition) is 5. The van der Waals surface area contributed by atoms with E-state index in [4.69, 9.17) is 4.74 Å². The van der Waals surface area contributed by atoms with Crippen molar-refractivity contribution < 1.29 is 4.74 Å². The molecule has 1 atom stereocenters. The summed E-state index contributed by atoms with van der Waals surface area (Å²) in [5, 5.41) is 8.59. The summed E-state index contributed by atoms with van der Waals surface area (Å²) in [6.07, 6.45) is 3.97. The quantitative estimate of drug-likeness (QED) is 0.671. The minimum atomic E-state index is 0.123. The molecule has 25 heavy (non-hydrogen) atoms. The molecule has 132 valence electrons. The molecule has 1 saturated heterocycles. The molecule has 0 saturated carbocycles. The lowest BCUT2D eigenvalue weighted by Gasteiger charge is -2.30. The Bertz CT molecular complexity index is 642. The molecule has 5 heteroatoms. The van der Waals surface area contributed by atoms with Crippen LogP contribution in [0.5, 0.6) is 5.88 Å². The number of thioether (sulfide) groups is 1. The zero-order chi connectivity index (χ0) is 17.3. The fourth-order valence-corrected chi connectivity index (χ4v) is 3.86. The van der Waals surface area contributed by atoms with Crippen LogP contribution in [0.4, 0.5) is 0 Å². The van der Waals surface area contributed by atoms with Crippen LogP contribution in [0.2, 0.25) is 0 Å². The van der Waals surface area contributed by atoms with Crippen molar-refractivity contribution >= 4 is 11.8 Å². The molecular weight excluding hydrogens is 330 g/mol. The zero-order valence-corrected chi connectivity index (χ0v) is 15.3. The number of aromatic nitrogens is 2. The smallest absolute Gasteiger partial charge is 0.233 e. The van der Waals surface area contributed by atoms with E-state index in [0.717, 1.165) is 43.7 Å². The lowest BCUT2D eigenvalue weighted by atomic mass is 10.1. The van der Waals surface area contributed by atoms with Crippen LogP contribution in [-0.4, -0.2) is 52.3 Å². The van der Waals surface area contributed by atoms with Crippen LogP contribution in [0, 0.1) is 0 Å². The minimum Gasteiger partial charge on any atom is -0.472 e. The molecule has 0 unspecified atom stereocenters. The van der Waals surface area contributed by atoms with E-state index >= 15 is 0 Å². The SMILES string of the molecule is C=CCC[C@@H](CN1CCSCC1)Oc1ccc(-c2ccccc2)nn1. The molecule has 1 fully saturated rings. The van der Waals surface area contributed by atoms with Gasteiger partial charge in [0.05, 0.1) is 5.69 Å². The van der Waals surface area contributed by atoms with Gasteiger partial charge in [-0.1, -0.05) is 36.4 Å². The van der Waals surface area contributed by atoms with Gasteiger partial charge in [0.25, 0.3) is 0 Å². The highest BCUT2D eigenvalue weighted by molar-refractivity contribution is 7.99. The van der Waals surface area contributed by atoms with E-state index in [2.05, 4.69) is 21.7 Å². The van der Waals surface area contributed by atoms with Gasteiger partial charge in [0, 0.05) is 42.8 Å². The number of ether oxygens (including phenoxy) is 1. The minimum absolute atomic E-state index is 0.123. The Kier molecular flexibility index (Phi) is 6.89. The first-order valence-corrected chi connectivity index (χ1v) is 9.97. The first kappa shape index (κ1) is 18.0. The lowest BCUT2D eigenvalue weighted by Crippen LogP contribution is -2.40. The molecule has 1 aliphatic rings. The summed E-state index contributed by atoms with van der Waals surface area (Å²) in [4.78, 5) is 2.48. The van der Waals surface area contributed by atoms with Gasteiger partial charge >= 0.3 is 0 Å². The maximum Gasteiger partial charge on any atom is 0.233 e. The molecule has 0 bridgehead atoms. The number of nitrogens with zero attached hydrogens (tertiary/aromatic N) is 3. The molecular formula is C20H25N3OS. The maximum absolute atomic E-state index is 6.14. The average Bonchev–Trinajstić information content (AvgIpc) is 2.68. The third-order valence-corrected chi connectivity index (χ3v) is 5.20. The monoisotopic (exact) mass is 355 g/mol. The van der Waals surface area contributed by atoms with Crippen molar-refractivity contribution in [3.63, 3.8) is 0 Å². The van der Waals surface area contributed by atoms with Crippen LogP contribution < -0.4 is 4.74 Å². The van der Waals surface area contributed by atoms with Gasteiger partial charge < -0.3 is 4.74 Å². The van der Waals surface area contributed by atoms with Crippen molar-refractivity contribution in [2.75, 3.05) is 31.1 Å². The second-order valence-electron chi connectivity index (χ2n) is 6.14. The van der Waals surface area contributed by atoms with E-state index < -0.39 is 0 Å². The summed E-state index contributed by atoms with van der Waals surface area (Å²) in [6.45, 7) is 7.04. The molecule has 0 N–H and O–H groups in total. The summed E-state index contributed by atoms with van der Waals surface area (Å²) in [6, 6.07) is 14.0. The topological polar surface area (TPSA) is 38.2 Å². The summed E-state index contributed by atoms with van der Waals surface area (Å²) >= 11 is 2.03. The van der Waals surface area contributed by atoms with Gasteiger partial charge in [0.1, 0.15) is 6.10 Å². The summed E-state index contributed by atoms with van der Waals surface area (Å²) < 4.78 is 6.14. The lowest BCUT2D eigenvalue weighted by molar-refractivity contribution is 0.126. The van der Waals surface area contributed by atoms with Crippen molar-refractivity contribution in [2.45, 2.75) is 18.9 Å². The highest BCUT2D eigenvalue weighted by Gasteiger charge is 2.18. The van der Waals surface area contributed by atoms with Gasteiger partial charge in [-0.3, -0.25) is 4.90 Å².